The van der Waals surface area contributed by atoms with Crippen LogP contribution in [0.5, 0.6) is 0 Å². The highest BCUT2D eigenvalue weighted by Gasteiger charge is 2.00. The molecule has 12 heavy (non-hydrogen) atoms. The summed E-state index contributed by atoms with van der Waals surface area (Å²) in [6, 6.07) is 9.85. The van der Waals surface area contributed by atoms with E-state index in [9.17, 15) is 0 Å². The molecular weight excluding hydrogens is 166 g/mol. The Labute approximate surface area is 75.5 Å². The van der Waals surface area contributed by atoms with Crippen LogP contribution in [0, 0.1) is 5.38 Å². The number of hydrogen-bond acceptors (Lipinski definition) is 2. The molecule has 0 bridgehead atoms. The highest BCUT2D eigenvalue weighted by molar-refractivity contribution is 7.07. The minimum absolute atomic E-state index is 0.812. The molecule has 2 heteroatoms. The van der Waals surface area contributed by atoms with Gasteiger partial charge in [0.15, 0.2) is 0 Å². The topological polar surface area (TPSA) is 26.0 Å². The summed E-state index contributed by atoms with van der Waals surface area (Å²) >= 11 is 1.56. The normalized spacial score (nSPS) is 10.0. The Hall–Kier alpha value is -1.28. The Balaban J connectivity index is 2.55. The van der Waals surface area contributed by atoms with E-state index in [0.717, 1.165) is 16.8 Å². The number of nitrogens with two attached hydrogens (primary N) is 1. The molecule has 0 saturated carbocycles. The first-order chi connectivity index (χ1) is 5.88. The summed E-state index contributed by atoms with van der Waals surface area (Å²) in [5, 5.41) is 5.16. The van der Waals surface area contributed by atoms with Crippen molar-refractivity contribution in [3.8, 4) is 11.1 Å². The van der Waals surface area contributed by atoms with Crippen molar-refractivity contribution in [3.63, 3.8) is 0 Å². The predicted octanol–water partition coefficient (Wildman–Crippen LogP) is 2.80. The minimum atomic E-state index is 0.812. The maximum atomic E-state index is 5.80. The Bertz CT molecular complexity index is 365. The van der Waals surface area contributed by atoms with E-state index in [0.29, 0.717) is 0 Å². The SMILES string of the molecule is Nc1ccccc1-c1[c]scc1. The van der Waals surface area contributed by atoms with Gasteiger partial charge in [-0.15, -0.1) is 11.3 Å². The van der Waals surface area contributed by atoms with Crippen LogP contribution < -0.4 is 5.73 Å². The van der Waals surface area contributed by atoms with Crippen LogP contribution in [-0.4, -0.2) is 0 Å². The Morgan fingerprint density at radius 3 is 2.67 bits per heavy atom. The number of benzene rings is 1. The van der Waals surface area contributed by atoms with E-state index < -0.39 is 0 Å². The van der Waals surface area contributed by atoms with Crippen molar-refractivity contribution in [3.05, 3.63) is 41.1 Å². The zero-order valence-corrected chi connectivity index (χ0v) is 7.27. The molecule has 0 aliphatic rings. The zero-order valence-electron chi connectivity index (χ0n) is 6.45. The van der Waals surface area contributed by atoms with Crippen molar-refractivity contribution >= 4 is 17.0 Å². The molecule has 1 aromatic carbocycles. The number of hydrogen-bond donors (Lipinski definition) is 1. The van der Waals surface area contributed by atoms with Crippen LogP contribution in [0.25, 0.3) is 11.1 Å². The average molecular weight is 174 g/mol. The van der Waals surface area contributed by atoms with Crippen LogP contribution in [0.15, 0.2) is 35.7 Å². The van der Waals surface area contributed by atoms with Gasteiger partial charge in [0.1, 0.15) is 0 Å². The van der Waals surface area contributed by atoms with Crippen molar-refractivity contribution in [2.45, 2.75) is 0 Å². The summed E-state index contributed by atoms with van der Waals surface area (Å²) in [4.78, 5) is 0. The Morgan fingerprint density at radius 1 is 1.17 bits per heavy atom. The van der Waals surface area contributed by atoms with E-state index >= 15 is 0 Å². The Morgan fingerprint density at radius 2 is 2.00 bits per heavy atom. The van der Waals surface area contributed by atoms with E-state index in [2.05, 4.69) is 5.38 Å². The fraction of sp³-hybridized carbons (Fsp3) is 0. The van der Waals surface area contributed by atoms with Gasteiger partial charge in [-0.3, -0.25) is 0 Å². The van der Waals surface area contributed by atoms with Gasteiger partial charge < -0.3 is 5.73 Å². The highest BCUT2D eigenvalue weighted by atomic mass is 32.1. The minimum Gasteiger partial charge on any atom is -0.398 e. The summed E-state index contributed by atoms with van der Waals surface area (Å²) in [5.74, 6) is 0. The predicted molar refractivity (Wildman–Crippen MR) is 53.0 cm³/mol. The van der Waals surface area contributed by atoms with Gasteiger partial charge in [0.25, 0.3) is 0 Å². The largest absolute Gasteiger partial charge is 0.398 e. The van der Waals surface area contributed by atoms with Gasteiger partial charge in [-0.1, -0.05) is 18.2 Å². The molecule has 0 atom stereocenters. The molecule has 1 heterocycles. The molecule has 59 valence electrons. The first-order valence-corrected chi connectivity index (χ1v) is 4.56. The lowest BCUT2D eigenvalue weighted by Gasteiger charge is -2.00. The van der Waals surface area contributed by atoms with E-state index in [1.807, 2.05) is 35.7 Å². The molecule has 2 aromatic rings. The van der Waals surface area contributed by atoms with E-state index in [1.54, 1.807) is 11.3 Å². The fourth-order valence-electron chi connectivity index (χ4n) is 1.12. The van der Waals surface area contributed by atoms with Gasteiger partial charge in [-0.2, -0.15) is 0 Å². The lowest BCUT2D eigenvalue weighted by molar-refractivity contribution is 1.65. The number of para-hydroxylation sites is 1. The first-order valence-electron chi connectivity index (χ1n) is 3.68. The Kier molecular flexibility index (Phi) is 1.84. The van der Waals surface area contributed by atoms with Crippen molar-refractivity contribution < 1.29 is 0 Å². The van der Waals surface area contributed by atoms with Gasteiger partial charge in [-0.05, 0) is 17.5 Å². The monoisotopic (exact) mass is 174 g/mol. The quantitative estimate of drug-likeness (QED) is 0.661. The van der Waals surface area contributed by atoms with Crippen LogP contribution in [-0.2, 0) is 0 Å². The van der Waals surface area contributed by atoms with Crippen LogP contribution in [0.3, 0.4) is 0 Å². The number of anilines is 1. The van der Waals surface area contributed by atoms with Gasteiger partial charge in [0, 0.05) is 16.8 Å². The molecule has 0 aliphatic carbocycles. The average Bonchev–Trinajstić information content (AvgIpc) is 2.57. The van der Waals surface area contributed by atoms with Crippen molar-refractivity contribution in [1.29, 1.82) is 0 Å². The van der Waals surface area contributed by atoms with E-state index in [4.69, 9.17) is 5.73 Å². The molecule has 0 amide bonds. The lowest BCUT2D eigenvalue weighted by Crippen LogP contribution is -1.87. The van der Waals surface area contributed by atoms with Crippen LogP contribution in [0.2, 0.25) is 0 Å². The molecule has 1 radical (unpaired) electrons. The second kappa shape index (κ2) is 2.99. The van der Waals surface area contributed by atoms with Crippen molar-refractivity contribution in [1.82, 2.24) is 0 Å². The maximum absolute atomic E-state index is 5.80. The van der Waals surface area contributed by atoms with Gasteiger partial charge >= 0.3 is 0 Å². The van der Waals surface area contributed by atoms with Crippen LogP contribution >= 0.6 is 11.3 Å². The molecule has 2 N–H and O–H groups in total. The second-order valence-corrected chi connectivity index (χ2v) is 3.24. The van der Waals surface area contributed by atoms with Gasteiger partial charge in [0.05, 0.1) is 5.38 Å². The first kappa shape index (κ1) is 7.37. The van der Waals surface area contributed by atoms with Crippen molar-refractivity contribution in [2.75, 3.05) is 5.73 Å². The van der Waals surface area contributed by atoms with Crippen LogP contribution in [0.4, 0.5) is 5.69 Å². The number of thiophene rings is 1. The molecule has 1 nitrogen and oxygen atoms in total. The summed E-state index contributed by atoms with van der Waals surface area (Å²) in [6.07, 6.45) is 0. The summed E-state index contributed by atoms with van der Waals surface area (Å²) < 4.78 is 0. The molecule has 0 saturated heterocycles. The molecule has 1 aromatic heterocycles. The molecular formula is C10H8NS. The number of rotatable bonds is 1. The summed E-state index contributed by atoms with van der Waals surface area (Å²) in [6.45, 7) is 0. The van der Waals surface area contributed by atoms with Crippen molar-refractivity contribution in [2.24, 2.45) is 0 Å². The van der Waals surface area contributed by atoms with E-state index in [1.165, 1.54) is 0 Å². The van der Waals surface area contributed by atoms with E-state index in [-0.39, 0.29) is 0 Å². The zero-order chi connectivity index (χ0) is 8.39. The second-order valence-electron chi connectivity index (χ2n) is 2.52. The maximum Gasteiger partial charge on any atom is 0.0528 e. The number of nitrogen functional groups attached to an aromatic ring is 1. The van der Waals surface area contributed by atoms with Gasteiger partial charge in [-0.25, -0.2) is 0 Å². The third-order valence-corrected chi connectivity index (χ3v) is 2.33. The smallest absolute Gasteiger partial charge is 0.0528 e. The third-order valence-electron chi connectivity index (χ3n) is 1.72. The van der Waals surface area contributed by atoms with Gasteiger partial charge in [0.2, 0.25) is 0 Å². The molecule has 2 rings (SSSR count). The molecule has 0 unspecified atom stereocenters. The van der Waals surface area contributed by atoms with Crippen LogP contribution in [0.1, 0.15) is 0 Å². The lowest BCUT2D eigenvalue weighted by atomic mass is 10.1. The summed E-state index contributed by atoms with van der Waals surface area (Å²) in [5.41, 5.74) is 8.76. The molecule has 0 aliphatic heterocycles. The standard InChI is InChI=1S/C10H8NS/c11-10-4-2-1-3-9(10)8-5-6-12-7-8/h1-6H,11H2. The summed E-state index contributed by atoms with van der Waals surface area (Å²) in [7, 11) is 0. The highest BCUT2D eigenvalue weighted by Crippen LogP contribution is 2.26. The molecule has 0 fully saturated rings. The molecule has 0 spiro atoms. The fourth-order valence-corrected chi connectivity index (χ4v) is 1.70. The third kappa shape index (κ3) is 1.21.